The van der Waals surface area contributed by atoms with Crippen molar-refractivity contribution in [2.24, 2.45) is 0 Å². The lowest BCUT2D eigenvalue weighted by Gasteiger charge is -2.01. The monoisotopic (exact) mass is 157 g/mol. The van der Waals surface area contributed by atoms with E-state index >= 15 is 0 Å². The van der Waals surface area contributed by atoms with Gasteiger partial charge in [-0.1, -0.05) is 19.8 Å². The molecule has 0 saturated heterocycles. The first-order valence-corrected chi connectivity index (χ1v) is 4.31. The second kappa shape index (κ2) is 3.97. The van der Waals surface area contributed by atoms with E-state index in [1.165, 1.54) is 11.1 Å². The molecule has 0 aliphatic rings. The molecule has 0 bridgehead atoms. The van der Waals surface area contributed by atoms with Gasteiger partial charge in [0.2, 0.25) is 0 Å². The molecule has 1 radical (unpaired) electrons. The fraction of sp³-hybridized carbons (Fsp3) is 0.333. The highest BCUT2D eigenvalue weighted by molar-refractivity contribution is 5.38. The van der Waals surface area contributed by atoms with Gasteiger partial charge in [-0.3, -0.25) is 0 Å². The van der Waals surface area contributed by atoms with Gasteiger partial charge < -0.3 is 0 Å². The number of terminal acetylenes is 1. The predicted octanol–water partition coefficient (Wildman–Crippen LogP) is 2.59. The second-order valence-corrected chi connectivity index (χ2v) is 2.77. The topological polar surface area (TPSA) is 0 Å². The van der Waals surface area contributed by atoms with Crippen LogP contribution >= 0.6 is 0 Å². The van der Waals surface area contributed by atoms with Crippen molar-refractivity contribution in [2.75, 3.05) is 0 Å². The summed E-state index contributed by atoms with van der Waals surface area (Å²) in [6.07, 6.45) is 7.34. The number of rotatable bonds is 2. The van der Waals surface area contributed by atoms with Crippen molar-refractivity contribution < 1.29 is 0 Å². The van der Waals surface area contributed by atoms with Crippen molar-refractivity contribution in [3.05, 3.63) is 34.9 Å². The minimum atomic E-state index is 0.974. The molecule has 1 rings (SSSR count). The molecule has 0 N–H and O–H groups in total. The van der Waals surface area contributed by atoms with Gasteiger partial charge in [-0.25, -0.2) is 0 Å². The van der Waals surface area contributed by atoms with Crippen LogP contribution in [0, 0.1) is 18.4 Å². The lowest BCUT2D eigenvalue weighted by atomic mass is 10.0. The normalized spacial score (nSPS) is 9.42. The number of benzene rings is 1. The Morgan fingerprint density at radius 1 is 1.25 bits per heavy atom. The quantitative estimate of drug-likeness (QED) is 0.579. The highest BCUT2D eigenvalue weighted by Crippen LogP contribution is 2.09. The zero-order chi connectivity index (χ0) is 8.97. The summed E-state index contributed by atoms with van der Waals surface area (Å²) in [4.78, 5) is 0. The molecule has 61 valence electrons. The fourth-order valence-electron chi connectivity index (χ4n) is 1.16. The molecule has 0 aliphatic carbocycles. The number of hydrogen-bond acceptors (Lipinski definition) is 0. The van der Waals surface area contributed by atoms with Gasteiger partial charge in [-0.05, 0) is 42.2 Å². The van der Waals surface area contributed by atoms with Crippen molar-refractivity contribution in [2.45, 2.75) is 26.7 Å². The SMILES string of the molecule is C#Cc1cc(CC)[c]c(CC)c1. The molecule has 1 aromatic rings. The minimum Gasteiger partial charge on any atom is -0.115 e. The second-order valence-electron chi connectivity index (χ2n) is 2.77. The van der Waals surface area contributed by atoms with Gasteiger partial charge in [0.05, 0.1) is 0 Å². The lowest BCUT2D eigenvalue weighted by Crippen LogP contribution is -1.88. The molecule has 0 saturated carbocycles. The van der Waals surface area contributed by atoms with Crippen LogP contribution in [0.5, 0.6) is 0 Å². The maximum absolute atomic E-state index is 5.33. The Morgan fingerprint density at radius 2 is 1.75 bits per heavy atom. The van der Waals surface area contributed by atoms with Gasteiger partial charge in [0.1, 0.15) is 0 Å². The van der Waals surface area contributed by atoms with E-state index in [0.717, 1.165) is 18.4 Å². The summed E-state index contributed by atoms with van der Waals surface area (Å²) in [7, 11) is 0. The summed E-state index contributed by atoms with van der Waals surface area (Å²) in [6, 6.07) is 7.38. The van der Waals surface area contributed by atoms with Crippen LogP contribution in [-0.4, -0.2) is 0 Å². The maximum Gasteiger partial charge on any atom is 0.0248 e. The van der Waals surface area contributed by atoms with Gasteiger partial charge in [-0.15, -0.1) is 6.42 Å². The average molecular weight is 157 g/mol. The Bertz CT molecular complexity index is 280. The average Bonchev–Trinajstić information content (AvgIpc) is 2.16. The molecule has 1 aromatic carbocycles. The molecule has 12 heavy (non-hydrogen) atoms. The summed E-state index contributed by atoms with van der Waals surface area (Å²) in [6.45, 7) is 4.23. The molecule has 0 aromatic heterocycles. The van der Waals surface area contributed by atoms with Crippen LogP contribution in [0.4, 0.5) is 0 Å². The molecular weight excluding hydrogens is 144 g/mol. The largest absolute Gasteiger partial charge is 0.115 e. The Balaban J connectivity index is 3.12. The van der Waals surface area contributed by atoms with E-state index in [9.17, 15) is 0 Å². The third-order valence-electron chi connectivity index (χ3n) is 1.91. The highest BCUT2D eigenvalue weighted by atomic mass is 14.0. The Kier molecular flexibility index (Phi) is 2.94. The molecule has 0 unspecified atom stereocenters. The molecule has 0 amide bonds. The first-order chi connectivity index (χ1) is 5.80. The first-order valence-electron chi connectivity index (χ1n) is 4.31. The van der Waals surface area contributed by atoms with Crippen molar-refractivity contribution in [1.82, 2.24) is 0 Å². The first kappa shape index (κ1) is 8.87. The van der Waals surface area contributed by atoms with Crippen LogP contribution in [0.15, 0.2) is 12.1 Å². The van der Waals surface area contributed by atoms with E-state index in [0.29, 0.717) is 0 Å². The van der Waals surface area contributed by atoms with Gasteiger partial charge in [0.25, 0.3) is 0 Å². The molecule has 0 heteroatoms. The molecule has 0 nitrogen and oxygen atoms in total. The van der Waals surface area contributed by atoms with Crippen LogP contribution < -0.4 is 0 Å². The predicted molar refractivity (Wildman–Crippen MR) is 52.0 cm³/mol. The Hall–Kier alpha value is -1.22. The van der Waals surface area contributed by atoms with Crippen LogP contribution in [0.2, 0.25) is 0 Å². The summed E-state index contributed by atoms with van der Waals surface area (Å²) in [5, 5.41) is 0. The molecule has 0 heterocycles. The third-order valence-corrected chi connectivity index (χ3v) is 1.91. The van der Waals surface area contributed by atoms with E-state index < -0.39 is 0 Å². The van der Waals surface area contributed by atoms with Crippen LogP contribution in [0.25, 0.3) is 0 Å². The summed E-state index contributed by atoms with van der Waals surface area (Å²) < 4.78 is 0. The smallest absolute Gasteiger partial charge is 0.0248 e. The van der Waals surface area contributed by atoms with E-state index in [2.05, 4.69) is 25.8 Å². The van der Waals surface area contributed by atoms with Gasteiger partial charge >= 0.3 is 0 Å². The number of aryl methyl sites for hydroxylation is 2. The summed E-state index contributed by atoms with van der Waals surface area (Å²) in [5.41, 5.74) is 3.40. The van der Waals surface area contributed by atoms with Gasteiger partial charge in [0.15, 0.2) is 0 Å². The van der Waals surface area contributed by atoms with Gasteiger partial charge in [-0.2, -0.15) is 0 Å². The maximum atomic E-state index is 5.33. The van der Waals surface area contributed by atoms with E-state index in [4.69, 9.17) is 6.42 Å². The van der Waals surface area contributed by atoms with Gasteiger partial charge in [0, 0.05) is 5.56 Å². The van der Waals surface area contributed by atoms with E-state index in [-0.39, 0.29) is 0 Å². The van der Waals surface area contributed by atoms with E-state index in [1.807, 2.05) is 12.1 Å². The minimum absolute atomic E-state index is 0.974. The van der Waals surface area contributed by atoms with Crippen molar-refractivity contribution in [1.29, 1.82) is 0 Å². The fourth-order valence-corrected chi connectivity index (χ4v) is 1.16. The van der Waals surface area contributed by atoms with Crippen molar-refractivity contribution in [3.63, 3.8) is 0 Å². The molecular formula is C12H13. The van der Waals surface area contributed by atoms with Crippen molar-refractivity contribution in [3.8, 4) is 12.3 Å². The van der Waals surface area contributed by atoms with E-state index in [1.54, 1.807) is 0 Å². The Labute approximate surface area is 74.6 Å². The van der Waals surface area contributed by atoms with Crippen LogP contribution in [0.1, 0.15) is 30.5 Å². The zero-order valence-corrected chi connectivity index (χ0v) is 7.65. The summed E-state index contributed by atoms with van der Waals surface area (Å²) >= 11 is 0. The molecule has 0 spiro atoms. The lowest BCUT2D eigenvalue weighted by molar-refractivity contribution is 1.08. The Morgan fingerprint density at radius 3 is 2.08 bits per heavy atom. The zero-order valence-electron chi connectivity index (χ0n) is 7.65. The van der Waals surface area contributed by atoms with Crippen LogP contribution in [0.3, 0.4) is 0 Å². The van der Waals surface area contributed by atoms with Crippen molar-refractivity contribution >= 4 is 0 Å². The third kappa shape index (κ3) is 1.89. The standard InChI is InChI=1S/C12H13/c1-4-10-7-11(5-2)9-12(6-3)8-10/h1,7-8H,5-6H2,2-3H3. The molecule has 0 fully saturated rings. The number of hydrogen-bond donors (Lipinski definition) is 0. The highest BCUT2D eigenvalue weighted by Gasteiger charge is 1.96. The molecule has 0 aliphatic heterocycles. The van der Waals surface area contributed by atoms with Crippen LogP contribution in [-0.2, 0) is 12.8 Å². The summed E-state index contributed by atoms with van der Waals surface area (Å²) in [5.74, 6) is 2.66. The molecule has 0 atom stereocenters.